The van der Waals surface area contributed by atoms with Crippen molar-refractivity contribution in [2.75, 3.05) is 10.8 Å². The van der Waals surface area contributed by atoms with E-state index in [9.17, 15) is 22.4 Å². The minimum absolute atomic E-state index is 0.0507. The van der Waals surface area contributed by atoms with Crippen LogP contribution in [0.25, 0.3) is 0 Å². The maximum Gasteiger partial charge on any atom is 0.264 e. The molecule has 0 fully saturated rings. The van der Waals surface area contributed by atoms with Gasteiger partial charge in [-0.2, -0.15) is 0 Å². The maximum absolute atomic E-state index is 14.6. The molecule has 40 heavy (non-hydrogen) atoms. The Bertz CT molecular complexity index is 1450. The number of hydrogen-bond acceptors (Lipinski definition) is 4. The lowest BCUT2D eigenvalue weighted by Gasteiger charge is -2.32. The fraction of sp³-hybridized carbons (Fsp3) is 0.310. The van der Waals surface area contributed by atoms with Crippen LogP contribution >= 0.6 is 23.2 Å². The van der Waals surface area contributed by atoms with Gasteiger partial charge in [0.25, 0.3) is 10.0 Å². The van der Waals surface area contributed by atoms with E-state index in [1.165, 1.54) is 60.4 Å². The van der Waals surface area contributed by atoms with Gasteiger partial charge in [0.05, 0.1) is 10.6 Å². The summed E-state index contributed by atoms with van der Waals surface area (Å²) in [6.07, 6.45) is 0.665. The van der Waals surface area contributed by atoms with Gasteiger partial charge in [-0.3, -0.25) is 13.9 Å². The Hall–Kier alpha value is -3.14. The van der Waals surface area contributed by atoms with Crippen molar-refractivity contribution in [3.8, 4) is 0 Å². The molecule has 2 amide bonds. The minimum Gasteiger partial charge on any atom is -0.352 e. The maximum atomic E-state index is 14.6. The lowest BCUT2D eigenvalue weighted by Crippen LogP contribution is -2.52. The number of halogens is 3. The Kier molecular flexibility index (Phi) is 10.6. The number of nitrogens with one attached hydrogen (secondary N) is 1. The first-order valence-corrected chi connectivity index (χ1v) is 14.9. The summed E-state index contributed by atoms with van der Waals surface area (Å²) < 4.78 is 43.2. The van der Waals surface area contributed by atoms with Gasteiger partial charge in [0.2, 0.25) is 11.8 Å². The van der Waals surface area contributed by atoms with E-state index in [1.807, 2.05) is 20.8 Å². The molecule has 0 unspecified atom stereocenters. The Morgan fingerprint density at radius 1 is 0.975 bits per heavy atom. The first-order chi connectivity index (χ1) is 18.8. The van der Waals surface area contributed by atoms with Crippen molar-refractivity contribution in [2.24, 2.45) is 0 Å². The Morgan fingerprint density at radius 2 is 1.57 bits per heavy atom. The fourth-order valence-electron chi connectivity index (χ4n) is 3.91. The van der Waals surface area contributed by atoms with Crippen LogP contribution in [0.4, 0.5) is 10.1 Å². The van der Waals surface area contributed by atoms with Crippen molar-refractivity contribution in [1.82, 2.24) is 10.2 Å². The van der Waals surface area contributed by atoms with E-state index in [-0.39, 0.29) is 38.8 Å². The molecular formula is C29H32Cl2FN3O4S. The normalized spacial score (nSPS) is 12.9. The zero-order valence-electron chi connectivity index (χ0n) is 22.7. The summed E-state index contributed by atoms with van der Waals surface area (Å²) in [5.74, 6) is -1.72. The summed E-state index contributed by atoms with van der Waals surface area (Å²) in [6, 6.07) is 15.1. The monoisotopic (exact) mass is 607 g/mol. The zero-order chi connectivity index (χ0) is 29.6. The van der Waals surface area contributed by atoms with Gasteiger partial charge < -0.3 is 10.2 Å². The lowest BCUT2D eigenvalue weighted by atomic mass is 10.1. The number of sulfonamides is 1. The first kappa shape index (κ1) is 31.4. The number of aryl methyl sites for hydroxylation is 1. The van der Waals surface area contributed by atoms with Crippen LogP contribution in [0, 0.1) is 12.7 Å². The van der Waals surface area contributed by atoms with E-state index in [0.29, 0.717) is 6.42 Å². The number of amides is 2. The summed E-state index contributed by atoms with van der Waals surface area (Å²) in [4.78, 5) is 28.1. The van der Waals surface area contributed by atoms with Crippen LogP contribution in [0.3, 0.4) is 0 Å². The average molecular weight is 609 g/mol. The van der Waals surface area contributed by atoms with Gasteiger partial charge in [0, 0.05) is 28.2 Å². The Labute approximate surface area is 244 Å². The third-order valence-corrected chi connectivity index (χ3v) is 8.71. The second-order valence-electron chi connectivity index (χ2n) is 9.56. The van der Waals surface area contributed by atoms with Crippen LogP contribution in [0.5, 0.6) is 0 Å². The average Bonchev–Trinajstić information content (AvgIpc) is 2.90. The highest BCUT2D eigenvalue weighted by molar-refractivity contribution is 7.92. The van der Waals surface area contributed by atoms with E-state index in [4.69, 9.17) is 23.2 Å². The predicted molar refractivity (Wildman–Crippen MR) is 156 cm³/mol. The van der Waals surface area contributed by atoms with Crippen LogP contribution in [0.1, 0.15) is 38.3 Å². The molecule has 0 bridgehead atoms. The van der Waals surface area contributed by atoms with Crippen LogP contribution in [0.2, 0.25) is 10.0 Å². The minimum atomic E-state index is -4.29. The van der Waals surface area contributed by atoms with Gasteiger partial charge in [0.1, 0.15) is 18.4 Å². The molecule has 0 saturated heterocycles. The molecule has 0 aliphatic carbocycles. The van der Waals surface area contributed by atoms with Crippen molar-refractivity contribution >= 4 is 50.7 Å². The quantitative estimate of drug-likeness (QED) is 0.291. The molecule has 3 rings (SSSR count). The molecule has 2 atom stereocenters. The van der Waals surface area contributed by atoms with Gasteiger partial charge in [0.15, 0.2) is 0 Å². The van der Waals surface area contributed by atoms with E-state index >= 15 is 0 Å². The molecule has 7 nitrogen and oxygen atoms in total. The largest absolute Gasteiger partial charge is 0.352 e. The number of carbonyl (C=O) groups excluding carboxylic acids is 2. The molecule has 0 saturated carbocycles. The summed E-state index contributed by atoms with van der Waals surface area (Å²) in [5.41, 5.74) is 1.09. The molecule has 3 aromatic carbocycles. The summed E-state index contributed by atoms with van der Waals surface area (Å²) in [5, 5.41) is 3.17. The van der Waals surface area contributed by atoms with Crippen LogP contribution in [-0.2, 0) is 26.2 Å². The molecule has 3 aromatic rings. The van der Waals surface area contributed by atoms with E-state index in [0.717, 1.165) is 9.87 Å². The fourth-order valence-corrected chi connectivity index (χ4v) is 5.82. The summed E-state index contributed by atoms with van der Waals surface area (Å²) in [6.45, 7) is 6.12. The van der Waals surface area contributed by atoms with Gasteiger partial charge in [-0.1, -0.05) is 66.0 Å². The van der Waals surface area contributed by atoms with Crippen molar-refractivity contribution in [2.45, 2.75) is 57.6 Å². The van der Waals surface area contributed by atoms with E-state index in [2.05, 4.69) is 5.32 Å². The highest BCUT2D eigenvalue weighted by Crippen LogP contribution is 2.30. The van der Waals surface area contributed by atoms with Gasteiger partial charge >= 0.3 is 0 Å². The molecule has 1 N–H and O–H groups in total. The van der Waals surface area contributed by atoms with Crippen molar-refractivity contribution in [3.63, 3.8) is 0 Å². The number of hydrogen-bond donors (Lipinski definition) is 1. The van der Waals surface area contributed by atoms with E-state index < -0.39 is 40.2 Å². The molecule has 0 radical (unpaired) electrons. The topological polar surface area (TPSA) is 86.8 Å². The van der Waals surface area contributed by atoms with Gasteiger partial charge in [-0.05, 0) is 63.6 Å². The van der Waals surface area contributed by atoms with Crippen molar-refractivity contribution in [3.05, 3.63) is 93.7 Å². The summed E-state index contributed by atoms with van der Waals surface area (Å²) in [7, 11) is -4.29. The van der Waals surface area contributed by atoms with Crippen molar-refractivity contribution in [1.29, 1.82) is 0 Å². The highest BCUT2D eigenvalue weighted by Gasteiger charge is 2.33. The van der Waals surface area contributed by atoms with Gasteiger partial charge in [-0.15, -0.1) is 0 Å². The van der Waals surface area contributed by atoms with Crippen LogP contribution in [0.15, 0.2) is 71.6 Å². The second-order valence-corrected chi connectivity index (χ2v) is 12.3. The second kappa shape index (κ2) is 13.5. The molecule has 0 aliphatic heterocycles. The zero-order valence-corrected chi connectivity index (χ0v) is 25.0. The SMILES string of the molecule is CC[C@H](C)NC(=O)[C@@H](C)N(Cc1ccccc1F)C(=O)CN(c1cc(Cl)cc(Cl)c1)S(=O)(=O)c1ccc(C)cc1. The van der Waals surface area contributed by atoms with Gasteiger partial charge in [-0.25, -0.2) is 12.8 Å². The Balaban J connectivity index is 2.07. The van der Waals surface area contributed by atoms with E-state index in [1.54, 1.807) is 18.2 Å². The third kappa shape index (κ3) is 7.74. The molecule has 0 aliphatic rings. The van der Waals surface area contributed by atoms with Crippen LogP contribution in [-0.4, -0.2) is 43.8 Å². The number of rotatable bonds is 11. The predicted octanol–water partition coefficient (Wildman–Crippen LogP) is 5.97. The molecule has 0 heterocycles. The molecule has 0 aromatic heterocycles. The smallest absolute Gasteiger partial charge is 0.264 e. The third-order valence-electron chi connectivity index (χ3n) is 6.49. The van der Waals surface area contributed by atoms with Crippen molar-refractivity contribution < 1.29 is 22.4 Å². The lowest BCUT2D eigenvalue weighted by molar-refractivity contribution is -0.139. The number of benzene rings is 3. The highest BCUT2D eigenvalue weighted by atomic mass is 35.5. The first-order valence-electron chi connectivity index (χ1n) is 12.7. The molecule has 214 valence electrons. The Morgan fingerprint density at radius 3 is 2.15 bits per heavy atom. The van der Waals surface area contributed by atoms with Crippen LogP contribution < -0.4 is 9.62 Å². The molecule has 0 spiro atoms. The number of anilines is 1. The standard InChI is InChI=1S/C29H32Cl2FN3O4S/c1-5-20(3)33-29(37)21(4)34(17-22-8-6-7-9-27(22)32)28(36)18-35(25-15-23(30)14-24(31)16-25)40(38,39)26-12-10-19(2)11-13-26/h6-16,20-21H,5,17-18H2,1-4H3,(H,33,37)/t20-,21+/m0/s1. The number of carbonyl (C=O) groups is 2. The number of nitrogens with zero attached hydrogens (tertiary/aromatic N) is 2. The molecular weight excluding hydrogens is 576 g/mol. The molecule has 11 heteroatoms. The summed E-state index contributed by atoms with van der Waals surface area (Å²) >= 11 is 12.4.